The van der Waals surface area contributed by atoms with Gasteiger partial charge in [0.15, 0.2) is 0 Å². The predicted octanol–water partition coefficient (Wildman–Crippen LogP) is 7.07. The van der Waals surface area contributed by atoms with Gasteiger partial charge < -0.3 is 9.84 Å². The summed E-state index contributed by atoms with van der Waals surface area (Å²) in [4.78, 5) is 14.9. The van der Waals surface area contributed by atoms with Crippen LogP contribution in [0.15, 0.2) is 47.4 Å². The molecule has 41 heavy (non-hydrogen) atoms. The topological polar surface area (TPSA) is 121 Å². The van der Waals surface area contributed by atoms with Gasteiger partial charge in [0, 0.05) is 28.8 Å². The second-order valence-electron chi connectivity index (χ2n) is 11.2. The molecule has 0 amide bonds. The van der Waals surface area contributed by atoms with Crippen LogP contribution in [0.4, 0.5) is 0 Å². The molecule has 3 N–H and O–H groups in total. The molecular weight excluding hydrogens is 560 g/mol. The van der Waals surface area contributed by atoms with Crippen molar-refractivity contribution in [1.29, 1.82) is 0 Å². The van der Waals surface area contributed by atoms with Crippen molar-refractivity contribution in [2.45, 2.75) is 78.0 Å². The Balaban J connectivity index is 1.58. The molecule has 1 aliphatic rings. The third-order valence-corrected chi connectivity index (χ3v) is 11.3. The molecule has 0 aliphatic carbocycles. The molecule has 2 aromatic carbocycles. The van der Waals surface area contributed by atoms with Gasteiger partial charge in [-0.15, -0.1) is 27.2 Å². The van der Waals surface area contributed by atoms with E-state index in [1.54, 1.807) is 47.7 Å². The zero-order valence-corrected chi connectivity index (χ0v) is 25.9. The van der Waals surface area contributed by atoms with Crippen LogP contribution in [0.25, 0.3) is 11.0 Å². The maximum atomic E-state index is 12.6. The number of aliphatic carboxylic acids is 1. The van der Waals surface area contributed by atoms with Crippen molar-refractivity contribution in [2.24, 2.45) is 5.41 Å². The maximum Gasteiger partial charge on any atom is 0.310 e. The number of carboxylic acids is 1. The minimum atomic E-state index is -3.31. The van der Waals surface area contributed by atoms with Gasteiger partial charge in [-0.25, -0.2) is 4.68 Å². The summed E-state index contributed by atoms with van der Waals surface area (Å²) in [5.41, 5.74) is 3.30. The first-order valence-electron chi connectivity index (χ1n) is 13.8. The van der Waals surface area contributed by atoms with Gasteiger partial charge >= 0.3 is 5.97 Å². The van der Waals surface area contributed by atoms with Gasteiger partial charge in [0.1, 0.15) is 22.3 Å². The number of rotatable bonds is 8. The van der Waals surface area contributed by atoms with Gasteiger partial charge in [0.2, 0.25) is 0 Å². The molecule has 5 rings (SSSR count). The Kier molecular flexibility index (Phi) is 7.95. The molecule has 0 fully saturated rings. The average molecular weight is 599 g/mol. The van der Waals surface area contributed by atoms with Crippen molar-refractivity contribution in [3.05, 3.63) is 68.9 Å². The van der Waals surface area contributed by atoms with Crippen LogP contribution in [-0.4, -0.2) is 52.1 Å². The number of benzene rings is 2. The Labute approximate surface area is 246 Å². The van der Waals surface area contributed by atoms with Crippen LogP contribution >= 0.6 is 22.1 Å². The van der Waals surface area contributed by atoms with Gasteiger partial charge in [0.05, 0.1) is 17.5 Å². The molecule has 11 heteroatoms. The molecule has 1 aliphatic heterocycles. The van der Waals surface area contributed by atoms with Crippen LogP contribution < -0.4 is 4.74 Å². The van der Waals surface area contributed by atoms with E-state index in [9.17, 15) is 19.0 Å². The number of nitrogens with zero attached hydrogens (tertiary/aromatic N) is 4. The van der Waals surface area contributed by atoms with Crippen molar-refractivity contribution in [1.82, 2.24) is 19.3 Å². The minimum absolute atomic E-state index is 0.201. The largest absolute Gasteiger partial charge is 0.487 e. The number of fused-ring (bicyclic) bond motifs is 2. The minimum Gasteiger partial charge on any atom is -0.487 e. The molecule has 2 atom stereocenters. The van der Waals surface area contributed by atoms with Crippen molar-refractivity contribution in [2.75, 3.05) is 6.54 Å². The lowest BCUT2D eigenvalue weighted by molar-refractivity contribution is -0.147. The van der Waals surface area contributed by atoms with Gasteiger partial charge in [-0.2, -0.15) is 4.31 Å². The summed E-state index contributed by atoms with van der Waals surface area (Å²) in [6.45, 7) is 12.9. The second-order valence-corrected chi connectivity index (χ2v) is 14.5. The molecular formula is C30H38N4O5S2. The Bertz CT molecular complexity index is 1590. The number of ether oxygens (including phenoxy) is 1. The first-order valence-corrected chi connectivity index (χ1v) is 16.2. The number of thiophene rings is 1. The van der Waals surface area contributed by atoms with Crippen molar-refractivity contribution in [3.8, 4) is 5.75 Å². The molecule has 220 valence electrons. The van der Waals surface area contributed by atoms with E-state index in [4.69, 9.17) is 4.74 Å². The molecule has 0 bridgehead atoms. The summed E-state index contributed by atoms with van der Waals surface area (Å²) in [5.74, 6) is -0.850. The lowest BCUT2D eigenvalue weighted by Gasteiger charge is -2.41. The number of aromatic nitrogens is 3. The number of hydrogen-bond acceptors (Lipinski definition) is 8. The molecule has 2 aromatic heterocycles. The molecule has 0 radical (unpaired) electrons. The summed E-state index contributed by atoms with van der Waals surface area (Å²) in [7, 11) is -3.31. The summed E-state index contributed by atoms with van der Waals surface area (Å²) in [5, 5.41) is 19.0. The molecule has 0 saturated heterocycles. The van der Waals surface area contributed by atoms with Gasteiger partial charge in [-0.1, -0.05) is 30.3 Å². The normalized spacial score (nSPS) is 18.9. The van der Waals surface area contributed by atoms with Crippen molar-refractivity contribution >= 4 is 39.1 Å². The quantitative estimate of drug-likeness (QED) is 0.197. The Hall–Kier alpha value is -2.96. The first-order chi connectivity index (χ1) is 19.4. The number of carboxylic acid groups (broad SMARTS) is 1. The predicted molar refractivity (Wildman–Crippen MR) is 163 cm³/mol. The second kappa shape index (κ2) is 11.0. The van der Waals surface area contributed by atoms with Crippen LogP contribution in [0.5, 0.6) is 5.75 Å². The lowest BCUT2D eigenvalue weighted by atomic mass is 9.72. The molecule has 4 aromatic rings. The van der Waals surface area contributed by atoms with Crippen molar-refractivity contribution < 1.29 is 23.7 Å². The highest BCUT2D eigenvalue weighted by Crippen LogP contribution is 2.58. The molecule has 9 nitrogen and oxygen atoms in total. The van der Waals surface area contributed by atoms with Gasteiger partial charge in [-0.3, -0.25) is 13.9 Å². The maximum absolute atomic E-state index is 12.6. The van der Waals surface area contributed by atoms with Crippen LogP contribution in [0.3, 0.4) is 0 Å². The highest BCUT2D eigenvalue weighted by molar-refractivity contribution is 8.22. The lowest BCUT2D eigenvalue weighted by Crippen LogP contribution is -2.34. The van der Waals surface area contributed by atoms with E-state index < -0.39 is 28.1 Å². The van der Waals surface area contributed by atoms with Crippen LogP contribution in [0.1, 0.15) is 66.5 Å². The average Bonchev–Trinajstić information content (AvgIpc) is 3.49. The van der Waals surface area contributed by atoms with Crippen LogP contribution in [0.2, 0.25) is 0 Å². The summed E-state index contributed by atoms with van der Waals surface area (Å²) in [6, 6.07) is 13.1. The zero-order valence-electron chi connectivity index (χ0n) is 24.3. The standard InChI is InChI=1S/C30H38N4O5S2/c1-7-21-17-33(41(37,38)26-12-10-9-11-24(26)39-21)16-20-15-25(40-19(20)4)27(30(5,6)29(35)36)22-13-14-23-28(18(22)3)31-32-34(23)8-2/h9-15,21,27,37-38H,7-8,16-17H2,1-6H3,(H,35,36)/t21-,27+/m1/s1. The van der Waals surface area contributed by atoms with E-state index in [0.717, 1.165) is 37.5 Å². The van der Waals surface area contributed by atoms with Gasteiger partial charge in [0.25, 0.3) is 0 Å². The number of para-hydroxylation sites is 1. The highest BCUT2D eigenvalue weighted by Gasteiger charge is 2.42. The summed E-state index contributed by atoms with van der Waals surface area (Å²) < 4.78 is 32.7. The fourth-order valence-electron chi connectivity index (χ4n) is 5.61. The van der Waals surface area contributed by atoms with Crippen LogP contribution in [0, 0.1) is 19.3 Å². The van der Waals surface area contributed by atoms with E-state index in [-0.39, 0.29) is 6.10 Å². The number of carbonyl (C=O) groups is 1. The molecule has 0 saturated carbocycles. The third-order valence-electron chi connectivity index (χ3n) is 8.20. The fourth-order valence-corrected chi connectivity index (χ4v) is 8.58. The smallest absolute Gasteiger partial charge is 0.310 e. The summed E-state index contributed by atoms with van der Waals surface area (Å²) >= 11 is 1.55. The monoisotopic (exact) mass is 598 g/mol. The van der Waals surface area contributed by atoms with E-state index in [1.165, 1.54) is 0 Å². The van der Waals surface area contributed by atoms with E-state index >= 15 is 0 Å². The fraction of sp³-hybridized carbons (Fsp3) is 0.433. The molecule has 3 heterocycles. The van der Waals surface area contributed by atoms with Crippen molar-refractivity contribution in [3.63, 3.8) is 0 Å². The number of aryl methyl sites for hydroxylation is 3. The Morgan fingerprint density at radius 1 is 1.20 bits per heavy atom. The Morgan fingerprint density at radius 2 is 1.93 bits per heavy atom. The van der Waals surface area contributed by atoms with E-state index in [2.05, 4.69) is 10.3 Å². The van der Waals surface area contributed by atoms with E-state index in [0.29, 0.717) is 36.7 Å². The van der Waals surface area contributed by atoms with Gasteiger partial charge in [-0.05, 0) is 82.0 Å². The third kappa shape index (κ3) is 5.14. The molecule has 0 spiro atoms. The SMILES string of the molecule is CC[C@@H]1CN(Cc2cc([C@H](c3ccc4c(nnn4CC)c3C)C(C)(C)C(=O)O)sc2C)S(O)(O)c2ccccc2O1. The van der Waals surface area contributed by atoms with E-state index in [1.807, 2.05) is 56.6 Å². The Morgan fingerprint density at radius 3 is 2.61 bits per heavy atom. The first kappa shape index (κ1) is 29.5. The number of hydrogen-bond donors (Lipinski definition) is 3. The highest BCUT2D eigenvalue weighted by atomic mass is 32.3. The zero-order chi connectivity index (χ0) is 29.7. The van der Waals surface area contributed by atoms with Crippen LogP contribution in [-0.2, 0) is 17.9 Å². The summed E-state index contributed by atoms with van der Waals surface area (Å²) in [6.07, 6.45) is 0.515. The molecule has 0 unspecified atom stereocenters.